The van der Waals surface area contributed by atoms with Crippen molar-refractivity contribution >= 4 is 66.2 Å². The summed E-state index contributed by atoms with van der Waals surface area (Å²) in [6.07, 6.45) is 0.790. The number of nitrogens with one attached hydrogen (secondary N) is 3. The van der Waals surface area contributed by atoms with Gasteiger partial charge in [0.05, 0.1) is 17.5 Å². The Hall–Kier alpha value is -5.67. The molecule has 27 heteroatoms. The summed E-state index contributed by atoms with van der Waals surface area (Å²) in [5.74, 6) is -5.91. The number of imide groups is 1. The Balaban J connectivity index is 1.56. The van der Waals surface area contributed by atoms with Gasteiger partial charge in [0.15, 0.2) is 22.4 Å². The number of carboxylic acid groups (broad SMARTS) is 1. The van der Waals surface area contributed by atoms with Crippen LogP contribution in [0.25, 0.3) is 11.5 Å². The molecule has 9 N–H and O–H groups in total. The van der Waals surface area contributed by atoms with Crippen LogP contribution in [0.2, 0.25) is 0 Å². The van der Waals surface area contributed by atoms with Gasteiger partial charge in [-0.25, -0.2) is 37.6 Å². The Kier molecular flexibility index (Phi) is 9.90. The number of pyridine rings is 1. The summed E-state index contributed by atoms with van der Waals surface area (Å²) in [6, 6.07) is -3.54. The number of nitrogens with zero attached hydrogens (tertiary/aromatic N) is 6. The van der Waals surface area contributed by atoms with Crippen LogP contribution in [-0.4, -0.2) is 109 Å². The second kappa shape index (κ2) is 13.3. The van der Waals surface area contributed by atoms with E-state index in [1.807, 2.05) is 0 Å². The SMILES string of the molecule is C[C@H]1[C@H](NC(=O)/C(=N\OC(C)(C)C(=O)O)c2csc(N)n2)C(=O)N1C(=O)NS(=O)(=O)n1nc(-c2cc(=O)c(O)c[nH]2)n(CCS(N)(=O)=O)c1=O. The van der Waals surface area contributed by atoms with Crippen LogP contribution in [0.4, 0.5) is 9.93 Å². The van der Waals surface area contributed by atoms with Gasteiger partial charge in [0.25, 0.3) is 11.8 Å². The van der Waals surface area contributed by atoms with E-state index >= 15 is 0 Å². The van der Waals surface area contributed by atoms with Crippen molar-refractivity contribution in [1.29, 1.82) is 0 Å². The molecule has 24 nitrogen and oxygen atoms in total. The molecule has 1 aliphatic rings. The highest BCUT2D eigenvalue weighted by Crippen LogP contribution is 2.22. The summed E-state index contributed by atoms with van der Waals surface area (Å²) in [7, 11) is -9.50. The molecule has 0 radical (unpaired) electrons. The van der Waals surface area contributed by atoms with Gasteiger partial charge in [0.1, 0.15) is 11.7 Å². The summed E-state index contributed by atoms with van der Waals surface area (Å²) in [4.78, 5) is 87.2. The Bertz CT molecular complexity index is 2270. The highest BCUT2D eigenvalue weighted by Gasteiger charge is 2.50. The number of rotatable bonds is 12. The first kappa shape index (κ1) is 37.2. The maximum Gasteiger partial charge on any atom is 0.362 e. The number of likely N-dealkylation sites (tertiary alicyclic amines) is 1. The van der Waals surface area contributed by atoms with Crippen LogP contribution in [0.5, 0.6) is 5.75 Å². The number of primary sulfonamides is 1. The molecule has 4 rings (SSSR count). The number of amides is 4. The minimum Gasteiger partial charge on any atom is -0.503 e. The minimum absolute atomic E-state index is 0.00645. The lowest BCUT2D eigenvalue weighted by Gasteiger charge is -2.43. The molecule has 0 saturated carbocycles. The molecule has 270 valence electrons. The number of carbonyl (C=O) groups is 4. The fourth-order valence-electron chi connectivity index (χ4n) is 4.05. The van der Waals surface area contributed by atoms with Crippen molar-refractivity contribution in [2.75, 3.05) is 11.5 Å². The number of hydrogen-bond acceptors (Lipinski definition) is 17. The Morgan fingerprint density at radius 2 is 1.86 bits per heavy atom. The number of nitrogens with two attached hydrogens (primary N) is 2. The molecule has 4 amide bonds. The third kappa shape index (κ3) is 7.63. The zero-order valence-electron chi connectivity index (χ0n) is 25.7. The first-order chi connectivity index (χ1) is 23.0. The normalized spacial score (nSPS) is 16.8. The van der Waals surface area contributed by atoms with Gasteiger partial charge in [-0.05, 0) is 20.8 Å². The highest BCUT2D eigenvalue weighted by molar-refractivity contribution is 7.89. The number of aliphatic carboxylic acids is 1. The molecule has 0 bridgehead atoms. The number of aromatic nitrogens is 5. The second-order valence-electron chi connectivity index (χ2n) is 10.8. The van der Waals surface area contributed by atoms with Gasteiger partial charge in [0.2, 0.25) is 21.1 Å². The van der Waals surface area contributed by atoms with E-state index in [1.165, 1.54) is 17.0 Å². The molecule has 1 fully saturated rings. The Morgan fingerprint density at radius 1 is 1.20 bits per heavy atom. The molecule has 3 aromatic rings. The van der Waals surface area contributed by atoms with E-state index in [0.717, 1.165) is 37.4 Å². The first-order valence-electron chi connectivity index (χ1n) is 13.6. The number of sulfonamides is 1. The topological polar surface area (TPSA) is 364 Å². The van der Waals surface area contributed by atoms with Gasteiger partial charge in [-0.3, -0.25) is 23.9 Å². The molecule has 0 aromatic carbocycles. The van der Waals surface area contributed by atoms with Crippen molar-refractivity contribution < 1.29 is 51.1 Å². The van der Waals surface area contributed by atoms with E-state index < -0.39 is 102 Å². The predicted octanol–water partition coefficient (Wildman–Crippen LogP) is -3.76. The molecule has 50 heavy (non-hydrogen) atoms. The van der Waals surface area contributed by atoms with Crippen LogP contribution in [0, 0.1) is 0 Å². The van der Waals surface area contributed by atoms with Crippen molar-refractivity contribution in [3.05, 3.63) is 44.0 Å². The molecular weight excluding hydrogens is 735 g/mol. The number of carbonyl (C=O) groups excluding carboxylic acids is 3. The summed E-state index contributed by atoms with van der Waals surface area (Å²) in [5, 5.41) is 34.6. The van der Waals surface area contributed by atoms with Crippen LogP contribution in [0.15, 0.2) is 32.4 Å². The largest absolute Gasteiger partial charge is 0.503 e. The van der Waals surface area contributed by atoms with Gasteiger partial charge in [-0.1, -0.05) is 9.24 Å². The van der Waals surface area contributed by atoms with E-state index in [1.54, 1.807) is 0 Å². The number of oxime groups is 1. The van der Waals surface area contributed by atoms with E-state index in [0.29, 0.717) is 9.47 Å². The smallest absolute Gasteiger partial charge is 0.362 e. The highest BCUT2D eigenvalue weighted by atomic mass is 32.2. The van der Waals surface area contributed by atoms with E-state index in [9.17, 15) is 55.8 Å². The monoisotopic (exact) mass is 761 g/mol. The lowest BCUT2D eigenvalue weighted by Crippen LogP contribution is -2.73. The number of nitrogen functional groups attached to an aromatic ring is 1. The van der Waals surface area contributed by atoms with Gasteiger partial charge in [0, 0.05) is 24.2 Å². The number of aromatic hydroxyl groups is 1. The third-order valence-corrected chi connectivity index (χ3v) is 9.32. The number of β-lactam (4-membered cyclic amide) rings is 1. The fraction of sp³-hybridized carbons (Fsp3) is 0.348. The van der Waals surface area contributed by atoms with E-state index in [-0.39, 0.29) is 20.6 Å². The standard InChI is InChI=1S/C23H27N11O13S3/c1-9-14(28-17(37)15(11-8-48-20(24)27-11)30-47-23(2,3)19(39)40)18(38)33(9)21(41)31-50(45,46)34-22(42)32(4-5-49(25,43)44)16(29-34)10-6-12(35)13(36)7-26-10/h6-9,14,36H,4-5H2,1-3H3,(H2,24,27)(H,26,35)(H,28,37)(H,31,41)(H,39,40)(H2,25,43,44)/b30-15-/t9-,14-/m0/s1. The third-order valence-electron chi connectivity index (χ3n) is 6.77. The van der Waals surface area contributed by atoms with Crippen LogP contribution in [0.1, 0.15) is 26.5 Å². The number of carboxylic acids is 1. The van der Waals surface area contributed by atoms with Gasteiger partial charge in [-0.15, -0.1) is 16.4 Å². The maximum atomic E-state index is 13.2. The van der Waals surface area contributed by atoms with Crippen molar-refractivity contribution in [1.82, 2.24) is 38.7 Å². The molecule has 3 aromatic heterocycles. The summed E-state index contributed by atoms with van der Waals surface area (Å²) < 4.78 is 51.1. The number of anilines is 1. The van der Waals surface area contributed by atoms with E-state index in [4.69, 9.17) is 15.7 Å². The number of thiazole rings is 1. The van der Waals surface area contributed by atoms with Crippen LogP contribution in [-0.2, 0) is 46.0 Å². The van der Waals surface area contributed by atoms with Gasteiger partial charge >= 0.3 is 27.9 Å². The molecule has 1 saturated heterocycles. The minimum atomic E-state index is -5.29. The van der Waals surface area contributed by atoms with Crippen molar-refractivity contribution in [2.45, 2.75) is 45.0 Å². The number of hydrogen-bond donors (Lipinski definition) is 7. The zero-order chi connectivity index (χ0) is 37.5. The molecular formula is C23H27N11O13S3. The summed E-state index contributed by atoms with van der Waals surface area (Å²) in [5.41, 5.74) is 0.157. The predicted molar refractivity (Wildman–Crippen MR) is 169 cm³/mol. The Labute approximate surface area is 283 Å². The maximum absolute atomic E-state index is 13.2. The molecule has 0 unspecified atom stereocenters. The number of H-pyrrole nitrogens is 1. The number of aromatic amines is 1. The lowest BCUT2D eigenvalue weighted by atomic mass is 9.97. The van der Waals surface area contributed by atoms with Gasteiger partial charge < -0.3 is 31.1 Å². The van der Waals surface area contributed by atoms with Crippen molar-refractivity contribution in [3.63, 3.8) is 0 Å². The molecule has 4 heterocycles. The molecule has 0 aliphatic carbocycles. The lowest BCUT2D eigenvalue weighted by molar-refractivity contribution is -0.161. The van der Waals surface area contributed by atoms with Crippen LogP contribution in [0.3, 0.4) is 0 Å². The van der Waals surface area contributed by atoms with Crippen LogP contribution < -0.4 is 32.0 Å². The average molecular weight is 762 g/mol. The number of urea groups is 1. The molecule has 2 atom stereocenters. The average Bonchev–Trinajstić information content (AvgIpc) is 3.58. The first-order valence-corrected chi connectivity index (χ1v) is 17.6. The quantitative estimate of drug-likeness (QED) is 0.0529. The van der Waals surface area contributed by atoms with E-state index in [2.05, 4.69) is 25.5 Å². The summed E-state index contributed by atoms with van der Waals surface area (Å²) in [6.45, 7) is 2.77. The molecule has 0 spiro atoms. The summed E-state index contributed by atoms with van der Waals surface area (Å²) >= 11 is 0.904. The van der Waals surface area contributed by atoms with Gasteiger partial charge in [-0.2, -0.15) is 8.42 Å². The van der Waals surface area contributed by atoms with Crippen molar-refractivity contribution in [3.8, 4) is 17.3 Å². The zero-order valence-corrected chi connectivity index (χ0v) is 28.2. The van der Waals surface area contributed by atoms with Crippen molar-refractivity contribution in [2.24, 2.45) is 10.3 Å². The van der Waals surface area contributed by atoms with Crippen LogP contribution >= 0.6 is 11.3 Å². The second-order valence-corrected chi connectivity index (χ2v) is 14.9. The fourth-order valence-corrected chi connectivity index (χ4v) is 5.93. The molecule has 1 aliphatic heterocycles. The Morgan fingerprint density at radius 3 is 2.40 bits per heavy atom.